The Kier molecular flexibility index (Phi) is 6.64. The van der Waals surface area contributed by atoms with Gasteiger partial charge in [-0.1, -0.05) is 41.9 Å². The van der Waals surface area contributed by atoms with Crippen molar-refractivity contribution in [2.24, 2.45) is 5.41 Å². The zero-order valence-electron chi connectivity index (χ0n) is 11.9. The number of halogens is 1. The highest BCUT2D eigenvalue weighted by Gasteiger charge is 2.21. The van der Waals surface area contributed by atoms with Crippen LogP contribution in [0.4, 0.5) is 0 Å². The molecule has 6 heteroatoms. The fourth-order valence-corrected chi connectivity index (χ4v) is 3.39. The summed E-state index contributed by atoms with van der Waals surface area (Å²) in [5.41, 5.74) is 0.859. The average molecular weight is 364 g/mol. The van der Waals surface area contributed by atoms with Crippen LogP contribution in [0.15, 0.2) is 29.2 Å². The van der Waals surface area contributed by atoms with Gasteiger partial charge in [0, 0.05) is 18.5 Å². The second kappa shape index (κ2) is 7.54. The maximum Gasteiger partial charge on any atom is 0.240 e. The van der Waals surface area contributed by atoms with E-state index in [-0.39, 0.29) is 16.9 Å². The molecular formula is C14H22BrNO3S. The van der Waals surface area contributed by atoms with Gasteiger partial charge in [-0.25, -0.2) is 13.1 Å². The van der Waals surface area contributed by atoms with Gasteiger partial charge >= 0.3 is 0 Å². The zero-order chi connectivity index (χ0) is 15.2. The molecule has 1 aromatic carbocycles. The Balaban J connectivity index is 2.69. The van der Waals surface area contributed by atoms with E-state index in [9.17, 15) is 8.42 Å². The van der Waals surface area contributed by atoms with Crippen LogP contribution in [0.5, 0.6) is 0 Å². The summed E-state index contributed by atoms with van der Waals surface area (Å²) in [5.74, 6) is 0. The van der Waals surface area contributed by atoms with E-state index >= 15 is 0 Å². The maximum absolute atomic E-state index is 12.2. The number of benzene rings is 1. The molecule has 0 aliphatic carbocycles. The molecular weight excluding hydrogens is 342 g/mol. The molecule has 20 heavy (non-hydrogen) atoms. The number of nitrogens with one attached hydrogen (secondary N) is 1. The van der Waals surface area contributed by atoms with E-state index in [2.05, 4.69) is 20.7 Å². The Bertz CT molecular complexity index is 512. The van der Waals surface area contributed by atoms with Crippen LogP contribution in [0.2, 0.25) is 0 Å². The van der Waals surface area contributed by atoms with Crippen molar-refractivity contribution in [1.29, 1.82) is 0 Å². The van der Waals surface area contributed by atoms with Crippen molar-refractivity contribution in [2.75, 3.05) is 13.2 Å². The topological polar surface area (TPSA) is 66.4 Å². The van der Waals surface area contributed by atoms with Gasteiger partial charge in [-0.15, -0.1) is 0 Å². The number of aliphatic hydroxyl groups is 1. The minimum absolute atomic E-state index is 0.129. The summed E-state index contributed by atoms with van der Waals surface area (Å²) in [6.07, 6.45) is 1.45. The SMILES string of the molecule is CC(C)(CCCO)CNS(=O)(=O)c1ccc(CBr)cc1. The van der Waals surface area contributed by atoms with Crippen molar-refractivity contribution < 1.29 is 13.5 Å². The first-order valence-corrected chi connectivity index (χ1v) is 9.17. The standard InChI is InChI=1S/C14H22BrNO3S/c1-14(2,8-3-9-17)11-16-20(18,19)13-6-4-12(10-15)5-7-13/h4-7,16-17H,3,8-11H2,1-2H3. The van der Waals surface area contributed by atoms with Crippen molar-refractivity contribution in [1.82, 2.24) is 4.72 Å². The molecule has 1 rings (SSSR count). The van der Waals surface area contributed by atoms with E-state index in [4.69, 9.17) is 5.11 Å². The van der Waals surface area contributed by atoms with Gasteiger partial charge in [-0.2, -0.15) is 0 Å². The second-order valence-electron chi connectivity index (χ2n) is 5.59. The molecule has 0 amide bonds. The first-order chi connectivity index (χ1) is 9.30. The zero-order valence-corrected chi connectivity index (χ0v) is 14.3. The Morgan fingerprint density at radius 1 is 1.25 bits per heavy atom. The lowest BCUT2D eigenvalue weighted by atomic mass is 9.88. The van der Waals surface area contributed by atoms with E-state index in [0.29, 0.717) is 18.3 Å². The van der Waals surface area contributed by atoms with E-state index in [1.165, 1.54) is 0 Å². The van der Waals surface area contributed by atoms with Gasteiger partial charge in [0.15, 0.2) is 0 Å². The molecule has 0 aliphatic heterocycles. The largest absolute Gasteiger partial charge is 0.396 e. The van der Waals surface area contributed by atoms with E-state index < -0.39 is 10.0 Å². The molecule has 0 spiro atoms. The molecule has 0 fully saturated rings. The van der Waals surface area contributed by atoms with Crippen LogP contribution in [-0.4, -0.2) is 26.7 Å². The first-order valence-electron chi connectivity index (χ1n) is 6.56. The third-order valence-electron chi connectivity index (χ3n) is 3.14. The van der Waals surface area contributed by atoms with Crippen LogP contribution in [0.25, 0.3) is 0 Å². The van der Waals surface area contributed by atoms with Gasteiger partial charge in [-0.3, -0.25) is 0 Å². The van der Waals surface area contributed by atoms with E-state index in [0.717, 1.165) is 12.0 Å². The minimum Gasteiger partial charge on any atom is -0.396 e. The van der Waals surface area contributed by atoms with Crippen LogP contribution in [0.3, 0.4) is 0 Å². The molecule has 0 unspecified atom stereocenters. The first kappa shape index (κ1) is 17.6. The Hall–Kier alpha value is -0.430. The highest BCUT2D eigenvalue weighted by atomic mass is 79.9. The van der Waals surface area contributed by atoms with Crippen molar-refractivity contribution in [2.45, 2.75) is 36.9 Å². The van der Waals surface area contributed by atoms with Gasteiger partial charge in [-0.05, 0) is 36.0 Å². The summed E-state index contributed by atoms with van der Waals surface area (Å²) in [4.78, 5) is 0.278. The van der Waals surface area contributed by atoms with Crippen molar-refractivity contribution >= 4 is 26.0 Å². The summed E-state index contributed by atoms with van der Waals surface area (Å²) < 4.78 is 27.0. The Labute approximate surface area is 129 Å². The summed E-state index contributed by atoms with van der Waals surface area (Å²) in [7, 11) is -3.47. The number of alkyl halides is 1. The minimum atomic E-state index is -3.47. The summed E-state index contributed by atoms with van der Waals surface area (Å²) in [6, 6.07) is 6.81. The third kappa shape index (κ3) is 5.52. The van der Waals surface area contributed by atoms with Gasteiger partial charge < -0.3 is 5.11 Å². The fraction of sp³-hybridized carbons (Fsp3) is 0.571. The lowest BCUT2D eigenvalue weighted by Crippen LogP contribution is -2.34. The molecule has 0 radical (unpaired) electrons. The normalized spacial score (nSPS) is 12.6. The number of aliphatic hydroxyl groups excluding tert-OH is 1. The molecule has 4 nitrogen and oxygen atoms in total. The van der Waals surface area contributed by atoms with E-state index in [1.54, 1.807) is 24.3 Å². The quantitative estimate of drug-likeness (QED) is 0.697. The van der Waals surface area contributed by atoms with Crippen LogP contribution in [0.1, 0.15) is 32.3 Å². The highest BCUT2D eigenvalue weighted by Crippen LogP contribution is 2.22. The Morgan fingerprint density at radius 3 is 2.35 bits per heavy atom. The lowest BCUT2D eigenvalue weighted by molar-refractivity contribution is 0.242. The number of hydrogen-bond acceptors (Lipinski definition) is 3. The van der Waals surface area contributed by atoms with Gasteiger partial charge in [0.05, 0.1) is 4.90 Å². The Morgan fingerprint density at radius 2 is 1.85 bits per heavy atom. The van der Waals surface area contributed by atoms with Crippen LogP contribution in [-0.2, 0) is 15.4 Å². The molecule has 0 saturated heterocycles. The van der Waals surface area contributed by atoms with Crippen molar-refractivity contribution in [3.63, 3.8) is 0 Å². The van der Waals surface area contributed by atoms with Gasteiger partial charge in [0.25, 0.3) is 0 Å². The molecule has 0 heterocycles. The van der Waals surface area contributed by atoms with Gasteiger partial charge in [0.1, 0.15) is 0 Å². The molecule has 114 valence electrons. The number of rotatable bonds is 8. The molecule has 1 aromatic rings. The van der Waals surface area contributed by atoms with Crippen molar-refractivity contribution in [3.05, 3.63) is 29.8 Å². The summed E-state index contributed by atoms with van der Waals surface area (Å²) in [5, 5.41) is 9.55. The highest BCUT2D eigenvalue weighted by molar-refractivity contribution is 9.08. The third-order valence-corrected chi connectivity index (χ3v) is 5.20. The molecule has 0 atom stereocenters. The average Bonchev–Trinajstić information content (AvgIpc) is 2.43. The molecule has 0 aliphatic rings. The summed E-state index contributed by atoms with van der Waals surface area (Å²) in [6.45, 7) is 4.46. The fourth-order valence-electron chi connectivity index (χ4n) is 1.78. The molecule has 2 N–H and O–H groups in total. The lowest BCUT2D eigenvalue weighted by Gasteiger charge is -2.24. The van der Waals surface area contributed by atoms with Gasteiger partial charge in [0.2, 0.25) is 10.0 Å². The van der Waals surface area contributed by atoms with Crippen LogP contribution in [0, 0.1) is 5.41 Å². The predicted octanol–water partition coefficient (Wildman–Crippen LogP) is 2.66. The predicted molar refractivity (Wildman–Crippen MR) is 84.4 cm³/mol. The van der Waals surface area contributed by atoms with Crippen LogP contribution < -0.4 is 4.72 Å². The van der Waals surface area contributed by atoms with Crippen molar-refractivity contribution in [3.8, 4) is 0 Å². The summed E-state index contributed by atoms with van der Waals surface area (Å²) >= 11 is 3.33. The second-order valence-corrected chi connectivity index (χ2v) is 7.92. The number of sulfonamides is 1. The molecule has 0 bridgehead atoms. The molecule has 0 saturated carbocycles. The van der Waals surface area contributed by atoms with Crippen LogP contribution >= 0.6 is 15.9 Å². The number of hydrogen-bond donors (Lipinski definition) is 2. The molecule has 0 aromatic heterocycles. The smallest absolute Gasteiger partial charge is 0.240 e. The maximum atomic E-state index is 12.2. The van der Waals surface area contributed by atoms with E-state index in [1.807, 2.05) is 13.8 Å². The monoisotopic (exact) mass is 363 g/mol.